The molecule has 0 aromatic heterocycles. The molecule has 24 heavy (non-hydrogen) atoms. The minimum Gasteiger partial charge on any atom is -0.483 e. The van der Waals surface area contributed by atoms with Gasteiger partial charge in [0.2, 0.25) is 5.91 Å². The normalized spacial score (nSPS) is 9.83. The predicted molar refractivity (Wildman–Crippen MR) is 87.5 cm³/mol. The van der Waals surface area contributed by atoms with E-state index in [-0.39, 0.29) is 32.0 Å². The number of aliphatic hydroxyl groups excluding tert-OH is 1. The van der Waals surface area contributed by atoms with Gasteiger partial charge in [-0.3, -0.25) is 14.4 Å². The lowest BCUT2D eigenvalue weighted by atomic mass is 10.1. The van der Waals surface area contributed by atoms with Gasteiger partial charge >= 0.3 is 5.97 Å². The monoisotopic (exact) mass is 340 g/mol. The molecule has 0 aliphatic carbocycles. The first-order valence-electron chi connectivity index (χ1n) is 7.24. The van der Waals surface area contributed by atoms with Crippen LogP contribution in [0.15, 0.2) is 24.3 Å². The first-order valence-corrected chi connectivity index (χ1v) is 7.24. The van der Waals surface area contributed by atoms with Crippen molar-refractivity contribution in [3.05, 3.63) is 35.4 Å². The van der Waals surface area contributed by atoms with Crippen molar-refractivity contribution in [2.24, 2.45) is 0 Å². The molecular weight excluding hydrogens is 316 g/mol. The van der Waals surface area contributed by atoms with Crippen LogP contribution in [-0.2, 0) is 27.4 Å². The molecule has 0 spiro atoms. The molecule has 1 aromatic carbocycles. The third-order valence-electron chi connectivity index (χ3n) is 3.06. The maximum atomic E-state index is 12.2. The van der Waals surface area contributed by atoms with Gasteiger partial charge < -0.3 is 25.1 Å². The second kappa shape index (κ2) is 12.0. The molecule has 0 radical (unpaired) electrons. The highest BCUT2D eigenvalue weighted by Gasteiger charge is 2.17. The summed E-state index contributed by atoms with van der Waals surface area (Å²) in [5, 5.41) is 24.8. The van der Waals surface area contributed by atoms with Gasteiger partial charge in [0.25, 0.3) is 6.47 Å². The van der Waals surface area contributed by atoms with Crippen molar-refractivity contribution >= 4 is 18.3 Å². The van der Waals surface area contributed by atoms with Crippen molar-refractivity contribution in [2.75, 3.05) is 33.7 Å². The Labute approximate surface area is 140 Å². The topological polar surface area (TPSA) is 118 Å². The Morgan fingerprint density at radius 2 is 1.58 bits per heavy atom. The van der Waals surface area contributed by atoms with Gasteiger partial charge in [-0.15, -0.1) is 0 Å². The van der Waals surface area contributed by atoms with Crippen molar-refractivity contribution in [2.45, 2.75) is 13.0 Å². The Bertz CT molecular complexity index is 516. The molecule has 8 heteroatoms. The molecule has 3 N–H and O–H groups in total. The van der Waals surface area contributed by atoms with Crippen LogP contribution in [0.5, 0.6) is 0 Å². The van der Waals surface area contributed by atoms with Gasteiger partial charge in [-0.2, -0.15) is 0 Å². The minimum atomic E-state index is -1.02. The maximum Gasteiger partial charge on any atom is 0.323 e. The second-order valence-electron chi connectivity index (χ2n) is 5.27. The van der Waals surface area contributed by atoms with Gasteiger partial charge in [0.1, 0.15) is 6.54 Å². The lowest BCUT2D eigenvalue weighted by molar-refractivity contribution is -0.144. The van der Waals surface area contributed by atoms with Crippen LogP contribution in [0, 0.1) is 0 Å². The van der Waals surface area contributed by atoms with Crippen molar-refractivity contribution in [1.82, 2.24) is 9.80 Å². The van der Waals surface area contributed by atoms with Crippen LogP contribution in [0.2, 0.25) is 0 Å². The summed E-state index contributed by atoms with van der Waals surface area (Å²) in [6.45, 7) is 0.416. The van der Waals surface area contributed by atoms with E-state index in [1.807, 2.05) is 19.0 Å². The zero-order valence-electron chi connectivity index (χ0n) is 13.9. The molecule has 0 bridgehead atoms. The number of carboxylic acids is 1. The fourth-order valence-corrected chi connectivity index (χ4v) is 1.82. The number of aliphatic hydroxyl groups is 1. The summed E-state index contributed by atoms with van der Waals surface area (Å²) in [5.41, 5.74) is 1.58. The molecule has 0 aliphatic heterocycles. The van der Waals surface area contributed by atoms with Crippen LogP contribution in [0.1, 0.15) is 11.1 Å². The molecule has 0 saturated carbocycles. The van der Waals surface area contributed by atoms with Crippen LogP contribution >= 0.6 is 0 Å². The molecule has 134 valence electrons. The van der Waals surface area contributed by atoms with Crippen LogP contribution < -0.4 is 0 Å². The third-order valence-corrected chi connectivity index (χ3v) is 3.06. The summed E-state index contributed by atoms with van der Waals surface area (Å²) < 4.78 is 0. The quantitative estimate of drug-likeness (QED) is 0.565. The molecule has 1 aromatic rings. The molecule has 0 aliphatic rings. The average Bonchev–Trinajstić information content (AvgIpc) is 2.52. The average molecular weight is 340 g/mol. The number of carboxylic acid groups (broad SMARTS) is 2. The number of nitrogens with zero attached hydrogens (tertiary/aromatic N) is 2. The summed E-state index contributed by atoms with van der Waals surface area (Å²) in [6, 6.07) is 7.05. The van der Waals surface area contributed by atoms with Crippen molar-refractivity contribution in [3.8, 4) is 0 Å². The lowest BCUT2D eigenvalue weighted by Gasteiger charge is -2.22. The Balaban J connectivity index is 0.00000163. The molecule has 1 rings (SSSR count). The number of hydrogen-bond donors (Lipinski definition) is 3. The van der Waals surface area contributed by atoms with Gasteiger partial charge in [-0.05, 0) is 25.2 Å². The zero-order valence-corrected chi connectivity index (χ0v) is 13.9. The largest absolute Gasteiger partial charge is 0.483 e. The molecule has 0 fully saturated rings. The van der Waals surface area contributed by atoms with Gasteiger partial charge in [0.05, 0.1) is 13.0 Å². The van der Waals surface area contributed by atoms with Crippen LogP contribution in [0.4, 0.5) is 0 Å². The number of likely N-dealkylation sites (N-methyl/N-ethyl adjacent to an activating group) is 1. The van der Waals surface area contributed by atoms with Crippen LogP contribution in [0.3, 0.4) is 0 Å². The van der Waals surface area contributed by atoms with E-state index in [1.54, 1.807) is 24.3 Å². The van der Waals surface area contributed by atoms with Gasteiger partial charge in [-0.1, -0.05) is 24.3 Å². The number of benzene rings is 1. The summed E-state index contributed by atoms with van der Waals surface area (Å²) in [7, 11) is 3.74. The fraction of sp³-hybridized carbons (Fsp3) is 0.438. The summed E-state index contributed by atoms with van der Waals surface area (Å²) in [5.74, 6) is -1.23. The predicted octanol–water partition coefficient (Wildman–Crippen LogP) is -0.103. The molecule has 0 heterocycles. The Kier molecular flexibility index (Phi) is 10.8. The van der Waals surface area contributed by atoms with E-state index in [0.29, 0.717) is 13.1 Å². The van der Waals surface area contributed by atoms with Crippen molar-refractivity contribution in [3.63, 3.8) is 0 Å². The highest BCUT2D eigenvalue weighted by molar-refractivity contribution is 5.83. The Hall–Kier alpha value is -2.45. The summed E-state index contributed by atoms with van der Waals surface area (Å²) in [6.07, 6.45) is 0.159. The molecule has 1 amide bonds. The number of carbonyl (C=O) groups excluding carboxylic acids is 1. The number of rotatable bonds is 8. The van der Waals surface area contributed by atoms with E-state index in [4.69, 9.17) is 20.1 Å². The van der Waals surface area contributed by atoms with E-state index in [0.717, 1.165) is 11.1 Å². The number of carbonyl (C=O) groups is 3. The highest BCUT2D eigenvalue weighted by atomic mass is 16.4. The van der Waals surface area contributed by atoms with Crippen LogP contribution in [-0.4, -0.2) is 77.2 Å². The smallest absolute Gasteiger partial charge is 0.323 e. The molecule has 8 nitrogen and oxygen atoms in total. The van der Waals surface area contributed by atoms with Crippen molar-refractivity contribution < 1.29 is 29.7 Å². The highest BCUT2D eigenvalue weighted by Crippen LogP contribution is 2.07. The lowest BCUT2D eigenvalue weighted by Crippen LogP contribution is -2.40. The first kappa shape index (κ1) is 21.6. The Morgan fingerprint density at radius 1 is 1.08 bits per heavy atom. The van der Waals surface area contributed by atoms with Gasteiger partial charge in [0, 0.05) is 13.1 Å². The van der Waals surface area contributed by atoms with Crippen molar-refractivity contribution in [1.29, 1.82) is 0 Å². The molecule has 0 saturated heterocycles. The second-order valence-corrected chi connectivity index (χ2v) is 5.27. The molecule has 0 atom stereocenters. The van der Waals surface area contributed by atoms with E-state index in [9.17, 15) is 9.59 Å². The zero-order chi connectivity index (χ0) is 18.5. The van der Waals surface area contributed by atoms with E-state index >= 15 is 0 Å². The van der Waals surface area contributed by atoms with Crippen LogP contribution in [0.25, 0.3) is 0 Å². The maximum absolute atomic E-state index is 12.2. The number of aliphatic carboxylic acids is 1. The van der Waals surface area contributed by atoms with E-state index in [2.05, 4.69) is 0 Å². The summed E-state index contributed by atoms with van der Waals surface area (Å²) >= 11 is 0. The SMILES string of the molecule is CN(C)CCN(CC(=O)O)C(=O)Cc1ccc(CO)cc1.O=CO. The molecular formula is C16H24N2O6. The first-order chi connectivity index (χ1) is 11.3. The number of amides is 1. The van der Waals surface area contributed by atoms with E-state index in [1.165, 1.54) is 4.90 Å². The molecule has 0 unspecified atom stereocenters. The van der Waals surface area contributed by atoms with Gasteiger partial charge in [0.15, 0.2) is 0 Å². The van der Waals surface area contributed by atoms with E-state index < -0.39 is 5.97 Å². The third kappa shape index (κ3) is 9.54. The minimum absolute atomic E-state index is 0.0395. The Morgan fingerprint density at radius 3 is 2.00 bits per heavy atom. The fourth-order valence-electron chi connectivity index (χ4n) is 1.82. The number of hydrogen-bond acceptors (Lipinski definition) is 5. The van der Waals surface area contributed by atoms with Gasteiger partial charge in [-0.25, -0.2) is 0 Å². The summed E-state index contributed by atoms with van der Waals surface area (Å²) in [4.78, 5) is 34.7. The standard InChI is InChI=1S/C15H22N2O4.CH2O2/c1-16(2)7-8-17(10-15(20)21)14(19)9-12-3-5-13(11-18)6-4-12;2-1-3/h3-6,18H,7-11H2,1-2H3,(H,20,21);1H,(H,2,3).